The number of hydrogen-bond acceptors (Lipinski definition) is 4. The van der Waals surface area contributed by atoms with Crippen LogP contribution >= 0.6 is 15.9 Å². The molecule has 0 rings (SSSR count). The van der Waals surface area contributed by atoms with Crippen molar-refractivity contribution in [3.63, 3.8) is 0 Å². The number of rotatable bonds is 10. The van der Waals surface area contributed by atoms with Crippen molar-refractivity contribution in [3.05, 3.63) is 0 Å². The van der Waals surface area contributed by atoms with Gasteiger partial charge in [-0.25, -0.2) is 0 Å². The van der Waals surface area contributed by atoms with Gasteiger partial charge in [-0.2, -0.15) is 0 Å². The van der Waals surface area contributed by atoms with Crippen LogP contribution in [0.4, 0.5) is 0 Å². The summed E-state index contributed by atoms with van der Waals surface area (Å²) >= 11 is 3.34. The number of alkyl halides is 1. The van der Waals surface area contributed by atoms with Crippen molar-refractivity contribution in [2.75, 3.05) is 18.5 Å². The summed E-state index contributed by atoms with van der Waals surface area (Å²) < 4.78 is 10.3. The van der Waals surface area contributed by atoms with E-state index in [-0.39, 0.29) is 19.1 Å². The maximum absolute atomic E-state index is 12.4. The summed E-state index contributed by atoms with van der Waals surface area (Å²) in [6, 6.07) is 0. The molecule has 0 amide bonds. The monoisotopic (exact) mass is 350 g/mol. The van der Waals surface area contributed by atoms with Crippen LogP contribution in [0, 0.1) is 11.3 Å². The lowest BCUT2D eigenvalue weighted by atomic mass is 9.76. The number of carbonyl (C=O) groups excluding carboxylic acids is 2. The maximum Gasteiger partial charge on any atom is 0.323 e. The topological polar surface area (TPSA) is 52.6 Å². The van der Waals surface area contributed by atoms with Gasteiger partial charge < -0.3 is 9.47 Å². The van der Waals surface area contributed by atoms with Gasteiger partial charge in [-0.05, 0) is 32.6 Å². The largest absolute Gasteiger partial charge is 0.465 e. The average Bonchev–Trinajstić information content (AvgIpc) is 2.38. The lowest BCUT2D eigenvalue weighted by molar-refractivity contribution is -0.174. The third kappa shape index (κ3) is 5.43. The first-order valence-corrected chi connectivity index (χ1v) is 8.50. The second kappa shape index (κ2) is 10.2. The summed E-state index contributed by atoms with van der Waals surface area (Å²) in [5.74, 6) is -0.644. The van der Waals surface area contributed by atoms with E-state index < -0.39 is 17.4 Å². The van der Waals surface area contributed by atoms with Crippen molar-refractivity contribution in [2.24, 2.45) is 11.3 Å². The van der Waals surface area contributed by atoms with Gasteiger partial charge in [0.1, 0.15) is 0 Å². The molecule has 0 aliphatic heterocycles. The van der Waals surface area contributed by atoms with E-state index in [1.54, 1.807) is 13.8 Å². The Bertz CT molecular complexity index is 286. The van der Waals surface area contributed by atoms with Gasteiger partial charge in [0.2, 0.25) is 0 Å². The molecule has 0 bridgehead atoms. The molecular weight excluding hydrogens is 324 g/mol. The van der Waals surface area contributed by atoms with Crippen molar-refractivity contribution in [1.82, 2.24) is 0 Å². The third-order valence-corrected chi connectivity index (χ3v) is 3.73. The molecule has 0 aromatic rings. The van der Waals surface area contributed by atoms with Crippen LogP contribution in [0.25, 0.3) is 0 Å². The normalized spacial score (nSPS) is 12.8. The number of halogens is 1. The van der Waals surface area contributed by atoms with Crippen LogP contribution in [0.5, 0.6) is 0 Å². The summed E-state index contributed by atoms with van der Waals surface area (Å²) in [4.78, 5) is 24.7. The van der Waals surface area contributed by atoms with Crippen LogP contribution in [0.3, 0.4) is 0 Å². The van der Waals surface area contributed by atoms with Crippen molar-refractivity contribution in [2.45, 2.75) is 53.4 Å². The van der Waals surface area contributed by atoms with E-state index in [1.165, 1.54) is 0 Å². The molecule has 0 aliphatic carbocycles. The Kier molecular flexibility index (Phi) is 9.90. The molecule has 0 aromatic carbocycles. The molecular formula is C15H27BrO4. The van der Waals surface area contributed by atoms with Gasteiger partial charge >= 0.3 is 11.9 Å². The highest BCUT2D eigenvalue weighted by atomic mass is 79.9. The maximum atomic E-state index is 12.4. The molecule has 0 N–H and O–H groups in total. The summed E-state index contributed by atoms with van der Waals surface area (Å²) in [7, 11) is 0. The van der Waals surface area contributed by atoms with Gasteiger partial charge in [0, 0.05) is 5.33 Å². The lowest BCUT2D eigenvalue weighted by Gasteiger charge is -2.31. The Morgan fingerprint density at radius 1 is 1.10 bits per heavy atom. The second-order valence-electron chi connectivity index (χ2n) is 5.06. The average molecular weight is 351 g/mol. The van der Waals surface area contributed by atoms with E-state index in [9.17, 15) is 9.59 Å². The molecule has 4 nitrogen and oxygen atoms in total. The molecule has 0 aromatic heterocycles. The van der Waals surface area contributed by atoms with Crippen LogP contribution in [-0.4, -0.2) is 30.5 Å². The molecule has 1 unspecified atom stereocenters. The number of ether oxygens (including phenoxy) is 2. The Labute approximate surface area is 130 Å². The fourth-order valence-electron chi connectivity index (χ4n) is 2.45. The minimum atomic E-state index is -1.18. The first-order chi connectivity index (χ1) is 9.48. The van der Waals surface area contributed by atoms with E-state index >= 15 is 0 Å². The van der Waals surface area contributed by atoms with Crippen LogP contribution in [0.2, 0.25) is 0 Å². The molecule has 0 spiro atoms. The van der Waals surface area contributed by atoms with Crippen LogP contribution < -0.4 is 0 Å². The van der Waals surface area contributed by atoms with Gasteiger partial charge in [-0.1, -0.05) is 42.6 Å². The summed E-state index contributed by atoms with van der Waals surface area (Å²) in [6.07, 6.45) is 2.88. The Morgan fingerprint density at radius 3 is 1.95 bits per heavy atom. The van der Waals surface area contributed by atoms with Crippen molar-refractivity contribution in [3.8, 4) is 0 Å². The smallest absolute Gasteiger partial charge is 0.323 e. The number of hydrogen-bond donors (Lipinski definition) is 0. The highest BCUT2D eigenvalue weighted by Crippen LogP contribution is 2.36. The van der Waals surface area contributed by atoms with Crippen molar-refractivity contribution in [1.29, 1.82) is 0 Å². The van der Waals surface area contributed by atoms with Crippen LogP contribution in [0.1, 0.15) is 53.4 Å². The predicted molar refractivity (Wildman–Crippen MR) is 82.8 cm³/mol. The molecule has 0 radical (unpaired) electrons. The molecule has 0 aliphatic rings. The van der Waals surface area contributed by atoms with E-state index in [0.29, 0.717) is 18.2 Å². The zero-order valence-electron chi connectivity index (χ0n) is 13.0. The molecule has 0 saturated carbocycles. The molecule has 5 heteroatoms. The zero-order chi connectivity index (χ0) is 15.6. The molecule has 0 heterocycles. The summed E-state index contributed by atoms with van der Waals surface area (Å²) in [6.45, 7) is 8.19. The van der Waals surface area contributed by atoms with Gasteiger partial charge in [-0.3, -0.25) is 9.59 Å². The minimum absolute atomic E-state index is 0.268. The fourth-order valence-corrected chi connectivity index (χ4v) is 3.12. The fraction of sp³-hybridized carbons (Fsp3) is 0.867. The van der Waals surface area contributed by atoms with Gasteiger partial charge in [0.25, 0.3) is 0 Å². The van der Waals surface area contributed by atoms with Gasteiger partial charge in [0.15, 0.2) is 5.41 Å². The van der Waals surface area contributed by atoms with Crippen LogP contribution in [0.15, 0.2) is 0 Å². The summed E-state index contributed by atoms with van der Waals surface area (Å²) in [5, 5.41) is 0.559. The Balaban J connectivity index is 5.30. The molecule has 1 atom stereocenters. The molecule has 118 valence electrons. The zero-order valence-corrected chi connectivity index (χ0v) is 14.6. The molecule has 0 saturated heterocycles. The molecule has 0 fully saturated rings. The first-order valence-electron chi connectivity index (χ1n) is 7.38. The number of esters is 2. The SMILES string of the molecule is CCCC(C)CC(CCBr)(C(=O)OCC)C(=O)OCC. The predicted octanol–water partition coefficient (Wildman–Crippen LogP) is 3.71. The van der Waals surface area contributed by atoms with Crippen molar-refractivity contribution < 1.29 is 19.1 Å². The lowest BCUT2D eigenvalue weighted by Crippen LogP contribution is -2.43. The standard InChI is InChI=1S/C15H27BrO4/c1-5-8-12(4)11-15(9-10-16,13(17)19-6-2)14(18)20-7-3/h12H,5-11H2,1-4H3. The van der Waals surface area contributed by atoms with Gasteiger partial charge in [-0.15, -0.1) is 0 Å². The van der Waals surface area contributed by atoms with Gasteiger partial charge in [0.05, 0.1) is 13.2 Å². The van der Waals surface area contributed by atoms with Crippen LogP contribution in [-0.2, 0) is 19.1 Å². The Hall–Kier alpha value is -0.580. The van der Waals surface area contributed by atoms with E-state index in [1.807, 2.05) is 0 Å². The molecule has 20 heavy (non-hydrogen) atoms. The highest BCUT2D eigenvalue weighted by Gasteiger charge is 2.48. The van der Waals surface area contributed by atoms with E-state index in [0.717, 1.165) is 12.8 Å². The first kappa shape index (κ1) is 19.4. The number of carbonyl (C=O) groups is 2. The minimum Gasteiger partial charge on any atom is -0.465 e. The summed E-state index contributed by atoms with van der Waals surface area (Å²) in [5.41, 5.74) is -1.18. The van der Waals surface area contributed by atoms with E-state index in [2.05, 4.69) is 29.8 Å². The van der Waals surface area contributed by atoms with E-state index in [4.69, 9.17) is 9.47 Å². The highest BCUT2D eigenvalue weighted by molar-refractivity contribution is 9.09. The van der Waals surface area contributed by atoms with Crippen molar-refractivity contribution >= 4 is 27.9 Å². The third-order valence-electron chi connectivity index (χ3n) is 3.33. The quantitative estimate of drug-likeness (QED) is 0.342. The second-order valence-corrected chi connectivity index (χ2v) is 5.85. The Morgan fingerprint density at radius 2 is 1.60 bits per heavy atom.